The van der Waals surface area contributed by atoms with Gasteiger partial charge in [0.15, 0.2) is 5.75 Å². The summed E-state index contributed by atoms with van der Waals surface area (Å²) >= 11 is 18.7. The summed E-state index contributed by atoms with van der Waals surface area (Å²) in [6.07, 6.45) is 1.65. The molecule has 0 aliphatic heterocycles. The van der Waals surface area contributed by atoms with Gasteiger partial charge in [-0.3, -0.25) is 4.99 Å². The van der Waals surface area contributed by atoms with E-state index in [2.05, 4.69) is 4.99 Å². The summed E-state index contributed by atoms with van der Waals surface area (Å²) in [6.45, 7) is 2.09. The van der Waals surface area contributed by atoms with Crippen molar-refractivity contribution in [3.05, 3.63) is 92.2 Å². The summed E-state index contributed by atoms with van der Waals surface area (Å²) in [7, 11) is 0. The van der Waals surface area contributed by atoms with E-state index in [1.165, 1.54) is 12.1 Å². The predicted molar refractivity (Wildman–Crippen MR) is 111 cm³/mol. The van der Waals surface area contributed by atoms with E-state index in [1.807, 2.05) is 19.1 Å². The Bertz CT molecular complexity index is 981. The molecular weight excluding hydrogens is 408 g/mol. The van der Waals surface area contributed by atoms with Crippen molar-refractivity contribution in [1.82, 2.24) is 0 Å². The molecule has 0 radical (unpaired) electrons. The lowest BCUT2D eigenvalue weighted by Gasteiger charge is -2.11. The zero-order valence-electron chi connectivity index (χ0n) is 14.3. The maximum absolute atomic E-state index is 13.2. The van der Waals surface area contributed by atoms with Gasteiger partial charge in [-0.05, 0) is 60.0 Å². The molecule has 0 aromatic heterocycles. The number of aryl methyl sites for hydroxylation is 1. The molecule has 3 aromatic rings. The van der Waals surface area contributed by atoms with Crippen molar-refractivity contribution in [2.24, 2.45) is 4.99 Å². The first kappa shape index (κ1) is 19.7. The van der Waals surface area contributed by atoms with Gasteiger partial charge in [-0.25, -0.2) is 4.39 Å². The molecule has 0 aliphatic rings. The standard InChI is InChI=1S/C21H15Cl3FNO/c1-13-5-6-17(10-18(13)22)26-11-15-8-19(23)21(20(24)9-15)27-12-14-3-2-4-16(25)7-14/h2-11H,12H2,1H3. The van der Waals surface area contributed by atoms with E-state index in [0.29, 0.717) is 26.4 Å². The van der Waals surface area contributed by atoms with Gasteiger partial charge in [0.25, 0.3) is 0 Å². The molecule has 0 amide bonds. The monoisotopic (exact) mass is 421 g/mol. The van der Waals surface area contributed by atoms with Crippen LogP contribution in [-0.4, -0.2) is 6.21 Å². The van der Waals surface area contributed by atoms with E-state index in [9.17, 15) is 4.39 Å². The normalized spacial score (nSPS) is 11.1. The first-order chi connectivity index (χ1) is 12.9. The number of benzene rings is 3. The predicted octanol–water partition coefficient (Wildman–Crippen LogP) is 7.42. The topological polar surface area (TPSA) is 21.6 Å². The average molecular weight is 423 g/mol. The van der Waals surface area contributed by atoms with Gasteiger partial charge in [-0.15, -0.1) is 0 Å². The van der Waals surface area contributed by atoms with E-state index in [1.54, 1.807) is 36.5 Å². The number of rotatable bonds is 5. The number of halogens is 4. The van der Waals surface area contributed by atoms with Crippen LogP contribution in [0.25, 0.3) is 0 Å². The van der Waals surface area contributed by atoms with Crippen molar-refractivity contribution in [3.63, 3.8) is 0 Å². The molecule has 2 nitrogen and oxygen atoms in total. The van der Waals surface area contributed by atoms with Crippen LogP contribution in [0.3, 0.4) is 0 Å². The summed E-state index contributed by atoms with van der Waals surface area (Å²) in [4.78, 5) is 4.38. The Morgan fingerprint density at radius 2 is 1.70 bits per heavy atom. The fourth-order valence-electron chi connectivity index (χ4n) is 2.39. The quantitative estimate of drug-likeness (QED) is 0.392. The van der Waals surface area contributed by atoms with Gasteiger partial charge in [0.05, 0.1) is 15.7 Å². The fraction of sp³-hybridized carbons (Fsp3) is 0.0952. The second kappa shape index (κ2) is 8.75. The Morgan fingerprint density at radius 1 is 0.963 bits per heavy atom. The lowest BCUT2D eigenvalue weighted by atomic mass is 10.2. The third kappa shape index (κ3) is 5.23. The van der Waals surface area contributed by atoms with Crippen molar-refractivity contribution in [2.75, 3.05) is 0 Å². The lowest BCUT2D eigenvalue weighted by Crippen LogP contribution is -1.98. The first-order valence-electron chi connectivity index (χ1n) is 8.09. The molecule has 0 heterocycles. The van der Waals surface area contributed by atoms with Crippen molar-refractivity contribution >= 4 is 46.7 Å². The number of hydrogen-bond donors (Lipinski definition) is 0. The molecule has 0 N–H and O–H groups in total. The van der Waals surface area contributed by atoms with E-state index in [4.69, 9.17) is 39.5 Å². The summed E-state index contributed by atoms with van der Waals surface area (Å²) in [5.74, 6) is 0.0224. The van der Waals surface area contributed by atoms with Crippen LogP contribution in [0.15, 0.2) is 59.6 Å². The summed E-state index contributed by atoms with van der Waals surface area (Å²) in [6, 6.07) is 15.1. The molecule has 0 aliphatic carbocycles. The first-order valence-corrected chi connectivity index (χ1v) is 9.22. The number of aliphatic imine (C=N–C) groups is 1. The molecule has 138 valence electrons. The highest BCUT2D eigenvalue weighted by Crippen LogP contribution is 2.34. The fourth-order valence-corrected chi connectivity index (χ4v) is 3.17. The van der Waals surface area contributed by atoms with Crippen LogP contribution in [0.5, 0.6) is 5.75 Å². The summed E-state index contributed by atoms with van der Waals surface area (Å²) in [5.41, 5.74) is 3.12. The molecule has 3 rings (SSSR count). The summed E-state index contributed by atoms with van der Waals surface area (Å²) < 4.78 is 18.9. The number of ether oxygens (including phenoxy) is 1. The molecule has 0 fully saturated rings. The zero-order valence-corrected chi connectivity index (χ0v) is 16.6. The molecule has 0 saturated carbocycles. The van der Waals surface area contributed by atoms with Gasteiger partial charge in [0, 0.05) is 11.2 Å². The van der Waals surface area contributed by atoms with Gasteiger partial charge >= 0.3 is 0 Å². The Kier molecular flexibility index (Phi) is 6.38. The molecular formula is C21H15Cl3FNO. The highest BCUT2D eigenvalue weighted by atomic mass is 35.5. The minimum absolute atomic E-state index is 0.159. The Labute approximate surface area is 172 Å². The van der Waals surface area contributed by atoms with E-state index < -0.39 is 0 Å². The minimum Gasteiger partial charge on any atom is -0.486 e. The maximum atomic E-state index is 13.2. The van der Waals surface area contributed by atoms with Crippen LogP contribution in [0, 0.1) is 12.7 Å². The van der Waals surface area contributed by atoms with Crippen LogP contribution in [-0.2, 0) is 6.61 Å². The van der Waals surface area contributed by atoms with Crippen LogP contribution in [0.1, 0.15) is 16.7 Å². The third-order valence-corrected chi connectivity index (χ3v) is 4.78. The Balaban J connectivity index is 1.75. The molecule has 0 unspecified atom stereocenters. The lowest BCUT2D eigenvalue weighted by molar-refractivity contribution is 0.306. The zero-order chi connectivity index (χ0) is 19.4. The maximum Gasteiger partial charge on any atom is 0.157 e. The molecule has 0 bridgehead atoms. The molecule has 0 spiro atoms. The minimum atomic E-state index is -0.323. The van der Waals surface area contributed by atoms with Gasteiger partial charge in [0.2, 0.25) is 0 Å². The number of nitrogens with zero attached hydrogens (tertiary/aromatic N) is 1. The van der Waals surface area contributed by atoms with Crippen LogP contribution in [0.2, 0.25) is 15.1 Å². The highest BCUT2D eigenvalue weighted by molar-refractivity contribution is 6.37. The van der Waals surface area contributed by atoms with Crippen molar-refractivity contribution in [2.45, 2.75) is 13.5 Å². The van der Waals surface area contributed by atoms with Crippen molar-refractivity contribution < 1.29 is 9.13 Å². The van der Waals surface area contributed by atoms with Crippen LogP contribution >= 0.6 is 34.8 Å². The van der Waals surface area contributed by atoms with Crippen LogP contribution in [0.4, 0.5) is 10.1 Å². The highest BCUT2D eigenvalue weighted by Gasteiger charge is 2.10. The van der Waals surface area contributed by atoms with E-state index >= 15 is 0 Å². The van der Waals surface area contributed by atoms with E-state index in [-0.39, 0.29) is 12.4 Å². The van der Waals surface area contributed by atoms with Gasteiger partial charge in [-0.1, -0.05) is 53.0 Å². The smallest absolute Gasteiger partial charge is 0.157 e. The molecule has 27 heavy (non-hydrogen) atoms. The van der Waals surface area contributed by atoms with Crippen molar-refractivity contribution in [3.8, 4) is 5.75 Å². The second-order valence-electron chi connectivity index (χ2n) is 5.92. The third-order valence-electron chi connectivity index (χ3n) is 3.81. The largest absolute Gasteiger partial charge is 0.486 e. The Hall–Kier alpha value is -2.07. The second-order valence-corrected chi connectivity index (χ2v) is 7.15. The molecule has 0 atom stereocenters. The van der Waals surface area contributed by atoms with Gasteiger partial charge in [0.1, 0.15) is 12.4 Å². The summed E-state index contributed by atoms with van der Waals surface area (Å²) in [5, 5.41) is 1.35. The molecule has 0 saturated heterocycles. The average Bonchev–Trinajstić information content (AvgIpc) is 2.62. The van der Waals surface area contributed by atoms with Crippen LogP contribution < -0.4 is 4.74 Å². The van der Waals surface area contributed by atoms with E-state index in [0.717, 1.165) is 16.8 Å². The molecule has 3 aromatic carbocycles. The molecule has 6 heteroatoms. The number of hydrogen-bond acceptors (Lipinski definition) is 2. The van der Waals surface area contributed by atoms with Gasteiger partial charge < -0.3 is 4.74 Å². The van der Waals surface area contributed by atoms with Crippen molar-refractivity contribution in [1.29, 1.82) is 0 Å². The van der Waals surface area contributed by atoms with Gasteiger partial charge in [-0.2, -0.15) is 0 Å². The Morgan fingerprint density at radius 3 is 2.37 bits per heavy atom. The SMILES string of the molecule is Cc1ccc(N=Cc2cc(Cl)c(OCc3cccc(F)c3)c(Cl)c2)cc1Cl.